The van der Waals surface area contributed by atoms with E-state index in [4.69, 9.17) is 4.74 Å². The third-order valence-electron chi connectivity index (χ3n) is 4.20. The molecule has 0 unspecified atom stereocenters. The normalized spacial score (nSPS) is 10.3. The number of anilines is 4. The lowest BCUT2D eigenvalue weighted by Gasteiger charge is -2.13. The lowest BCUT2D eigenvalue weighted by atomic mass is 10.1. The summed E-state index contributed by atoms with van der Waals surface area (Å²) in [5, 5.41) is 6.62. The highest BCUT2D eigenvalue weighted by Crippen LogP contribution is 2.29. The van der Waals surface area contributed by atoms with Crippen LogP contribution in [0.25, 0.3) is 11.3 Å². The molecule has 4 aromatic rings. The molecule has 0 aliphatic heterocycles. The highest BCUT2D eigenvalue weighted by molar-refractivity contribution is 5.70. The number of nitrogens with zero attached hydrogens (tertiary/aromatic N) is 2. The number of rotatable bonds is 6. The Morgan fingerprint density at radius 2 is 1.39 bits per heavy atom. The maximum absolute atomic E-state index is 5.44. The van der Waals surface area contributed by atoms with Crippen LogP contribution in [0, 0.1) is 0 Å². The van der Waals surface area contributed by atoms with E-state index in [1.807, 2.05) is 91.0 Å². The Labute approximate surface area is 164 Å². The Hall–Kier alpha value is -3.86. The number of hydrogen-bond acceptors (Lipinski definition) is 5. The van der Waals surface area contributed by atoms with E-state index in [2.05, 4.69) is 20.6 Å². The van der Waals surface area contributed by atoms with E-state index in [0.29, 0.717) is 11.8 Å². The molecule has 0 aliphatic carbocycles. The second kappa shape index (κ2) is 8.22. The van der Waals surface area contributed by atoms with E-state index in [-0.39, 0.29) is 0 Å². The first-order valence-electron chi connectivity index (χ1n) is 8.98. The average Bonchev–Trinajstić information content (AvgIpc) is 2.75. The fourth-order valence-electron chi connectivity index (χ4n) is 2.86. The van der Waals surface area contributed by atoms with Crippen LogP contribution in [0.4, 0.5) is 23.1 Å². The van der Waals surface area contributed by atoms with Gasteiger partial charge in [0.15, 0.2) is 0 Å². The first-order chi connectivity index (χ1) is 13.8. The number of para-hydroxylation sites is 3. The second-order valence-electron chi connectivity index (χ2n) is 6.14. The van der Waals surface area contributed by atoms with Crippen molar-refractivity contribution in [2.75, 3.05) is 17.7 Å². The Balaban J connectivity index is 1.73. The summed E-state index contributed by atoms with van der Waals surface area (Å²) in [4.78, 5) is 9.33. The summed E-state index contributed by atoms with van der Waals surface area (Å²) >= 11 is 0. The topological polar surface area (TPSA) is 59.1 Å². The fourth-order valence-corrected chi connectivity index (χ4v) is 2.86. The van der Waals surface area contributed by atoms with Gasteiger partial charge in [0.25, 0.3) is 0 Å². The van der Waals surface area contributed by atoms with Crippen LogP contribution in [0.15, 0.2) is 91.0 Å². The third-order valence-corrected chi connectivity index (χ3v) is 4.20. The number of aromatic nitrogens is 2. The number of methoxy groups -OCH3 is 1. The van der Waals surface area contributed by atoms with Crippen LogP contribution >= 0.6 is 0 Å². The lowest BCUT2D eigenvalue weighted by molar-refractivity contribution is 0.417. The van der Waals surface area contributed by atoms with Crippen molar-refractivity contribution in [1.82, 2.24) is 9.97 Å². The van der Waals surface area contributed by atoms with Crippen LogP contribution < -0.4 is 15.4 Å². The molecule has 0 radical (unpaired) electrons. The molecule has 3 aromatic carbocycles. The van der Waals surface area contributed by atoms with Crippen LogP contribution in [-0.4, -0.2) is 17.1 Å². The molecule has 0 amide bonds. The minimum absolute atomic E-state index is 0.518. The van der Waals surface area contributed by atoms with Crippen molar-refractivity contribution >= 4 is 23.1 Å². The molecule has 28 heavy (non-hydrogen) atoms. The number of nitrogens with one attached hydrogen (secondary N) is 2. The van der Waals surface area contributed by atoms with Crippen LogP contribution in [0.5, 0.6) is 5.75 Å². The van der Waals surface area contributed by atoms with Crippen molar-refractivity contribution in [2.45, 2.75) is 0 Å². The summed E-state index contributed by atoms with van der Waals surface area (Å²) in [5.74, 6) is 1.95. The quantitative estimate of drug-likeness (QED) is 0.461. The molecule has 5 heteroatoms. The summed E-state index contributed by atoms with van der Waals surface area (Å²) in [7, 11) is 1.65. The summed E-state index contributed by atoms with van der Waals surface area (Å²) in [5.41, 5.74) is 3.61. The average molecular weight is 368 g/mol. The van der Waals surface area contributed by atoms with E-state index in [1.165, 1.54) is 0 Å². The van der Waals surface area contributed by atoms with Gasteiger partial charge in [-0.15, -0.1) is 0 Å². The van der Waals surface area contributed by atoms with Crippen molar-refractivity contribution in [1.29, 1.82) is 0 Å². The van der Waals surface area contributed by atoms with E-state index in [0.717, 1.165) is 28.4 Å². The fraction of sp³-hybridized carbons (Fsp3) is 0.0435. The SMILES string of the molecule is COc1ccccc1Nc1cc(-c2ccccc2)nc(Nc2ccccc2)n1. The summed E-state index contributed by atoms with van der Waals surface area (Å²) in [6, 6.07) is 29.6. The maximum atomic E-state index is 5.44. The molecule has 2 N–H and O–H groups in total. The molecule has 1 heterocycles. The molecule has 0 spiro atoms. The van der Waals surface area contributed by atoms with Gasteiger partial charge in [0, 0.05) is 17.3 Å². The van der Waals surface area contributed by atoms with Crippen LogP contribution in [0.2, 0.25) is 0 Å². The largest absolute Gasteiger partial charge is 0.495 e. The van der Waals surface area contributed by atoms with Crippen LogP contribution in [0.3, 0.4) is 0 Å². The second-order valence-corrected chi connectivity index (χ2v) is 6.14. The minimum Gasteiger partial charge on any atom is -0.495 e. The minimum atomic E-state index is 0.518. The van der Waals surface area contributed by atoms with Crippen LogP contribution in [0.1, 0.15) is 0 Å². The third kappa shape index (κ3) is 4.10. The Morgan fingerprint density at radius 1 is 0.714 bits per heavy atom. The van der Waals surface area contributed by atoms with Gasteiger partial charge in [-0.3, -0.25) is 0 Å². The van der Waals surface area contributed by atoms with Crippen molar-refractivity contribution in [3.05, 3.63) is 91.0 Å². The molecular weight excluding hydrogens is 348 g/mol. The number of ether oxygens (including phenoxy) is 1. The highest BCUT2D eigenvalue weighted by atomic mass is 16.5. The molecule has 5 nitrogen and oxygen atoms in total. The molecule has 0 saturated carbocycles. The van der Waals surface area contributed by atoms with Crippen molar-refractivity contribution in [3.8, 4) is 17.0 Å². The first-order valence-corrected chi connectivity index (χ1v) is 8.98. The van der Waals surface area contributed by atoms with E-state index < -0.39 is 0 Å². The lowest BCUT2D eigenvalue weighted by Crippen LogP contribution is -2.03. The van der Waals surface area contributed by atoms with E-state index >= 15 is 0 Å². The monoisotopic (exact) mass is 368 g/mol. The summed E-state index contributed by atoms with van der Waals surface area (Å²) < 4.78 is 5.44. The predicted octanol–water partition coefficient (Wildman–Crippen LogP) is 5.64. The molecule has 0 bridgehead atoms. The molecule has 0 atom stereocenters. The Morgan fingerprint density at radius 3 is 2.14 bits per heavy atom. The van der Waals surface area contributed by atoms with Gasteiger partial charge in [0.2, 0.25) is 5.95 Å². The van der Waals surface area contributed by atoms with Gasteiger partial charge >= 0.3 is 0 Å². The van der Waals surface area contributed by atoms with Gasteiger partial charge in [-0.1, -0.05) is 60.7 Å². The van der Waals surface area contributed by atoms with Gasteiger partial charge in [-0.2, -0.15) is 4.98 Å². The Kier molecular flexibility index (Phi) is 5.15. The maximum Gasteiger partial charge on any atom is 0.229 e. The zero-order valence-corrected chi connectivity index (χ0v) is 15.5. The molecule has 1 aromatic heterocycles. The van der Waals surface area contributed by atoms with Crippen molar-refractivity contribution in [2.24, 2.45) is 0 Å². The van der Waals surface area contributed by atoms with Gasteiger partial charge in [-0.05, 0) is 24.3 Å². The predicted molar refractivity (Wildman–Crippen MR) is 113 cm³/mol. The van der Waals surface area contributed by atoms with Crippen molar-refractivity contribution < 1.29 is 4.74 Å². The molecule has 0 fully saturated rings. The zero-order valence-electron chi connectivity index (χ0n) is 15.5. The summed E-state index contributed by atoms with van der Waals surface area (Å²) in [6.07, 6.45) is 0. The molecular formula is C23H20N4O. The van der Waals surface area contributed by atoms with E-state index in [9.17, 15) is 0 Å². The van der Waals surface area contributed by atoms with Gasteiger partial charge in [0.05, 0.1) is 18.5 Å². The standard InChI is InChI=1S/C23H20N4O/c1-28-21-15-9-8-14-19(21)25-22-16-20(17-10-4-2-5-11-17)26-23(27-22)24-18-12-6-3-7-13-18/h2-16H,1H3,(H2,24,25,26,27). The zero-order chi connectivity index (χ0) is 19.2. The number of benzene rings is 3. The van der Waals surface area contributed by atoms with E-state index in [1.54, 1.807) is 7.11 Å². The van der Waals surface area contributed by atoms with Gasteiger partial charge < -0.3 is 15.4 Å². The van der Waals surface area contributed by atoms with Gasteiger partial charge in [0.1, 0.15) is 11.6 Å². The molecule has 0 saturated heterocycles. The smallest absolute Gasteiger partial charge is 0.229 e. The van der Waals surface area contributed by atoms with Crippen LogP contribution in [-0.2, 0) is 0 Å². The first kappa shape index (κ1) is 17.5. The summed E-state index contributed by atoms with van der Waals surface area (Å²) in [6.45, 7) is 0. The molecule has 0 aliphatic rings. The Bertz CT molecular complexity index is 1050. The number of hydrogen-bond donors (Lipinski definition) is 2. The highest BCUT2D eigenvalue weighted by Gasteiger charge is 2.09. The van der Waals surface area contributed by atoms with Gasteiger partial charge in [-0.25, -0.2) is 4.98 Å². The van der Waals surface area contributed by atoms with Crippen molar-refractivity contribution in [3.63, 3.8) is 0 Å². The molecule has 138 valence electrons. The molecule has 4 rings (SSSR count).